The van der Waals surface area contributed by atoms with Gasteiger partial charge in [-0.05, 0) is 19.3 Å². The lowest BCUT2D eigenvalue weighted by Gasteiger charge is -2.15. The van der Waals surface area contributed by atoms with E-state index in [1.165, 1.54) is 0 Å². The maximum atomic E-state index is 11.2. The molecule has 1 heterocycles. The van der Waals surface area contributed by atoms with Gasteiger partial charge in [-0.15, -0.1) is 0 Å². The van der Waals surface area contributed by atoms with Gasteiger partial charge < -0.3 is 15.2 Å². The van der Waals surface area contributed by atoms with Crippen LogP contribution < -0.4 is 10.1 Å². The first-order chi connectivity index (χ1) is 9.36. The fraction of sp³-hybridized carbons (Fsp3) is 0.714. The van der Waals surface area contributed by atoms with Crippen molar-refractivity contribution in [1.82, 2.24) is 15.1 Å². The predicted molar refractivity (Wildman–Crippen MR) is 76.8 cm³/mol. The number of hydrogen-bond donors (Lipinski definition) is 2. The summed E-state index contributed by atoms with van der Waals surface area (Å²) in [5.74, 6) is -0.0302. The zero-order chi connectivity index (χ0) is 15.3. The molecule has 1 aromatic heterocycles. The van der Waals surface area contributed by atoms with Gasteiger partial charge in [-0.25, -0.2) is 4.68 Å². The van der Waals surface area contributed by atoms with Crippen LogP contribution >= 0.6 is 0 Å². The third-order valence-electron chi connectivity index (χ3n) is 3.28. The highest BCUT2D eigenvalue weighted by Gasteiger charge is 2.19. The number of nitrogens with one attached hydrogen (secondary N) is 1. The number of methoxy groups -OCH3 is 1. The van der Waals surface area contributed by atoms with E-state index in [0.29, 0.717) is 31.3 Å². The van der Waals surface area contributed by atoms with Crippen molar-refractivity contribution in [3.63, 3.8) is 0 Å². The second kappa shape index (κ2) is 7.28. The lowest BCUT2D eigenvalue weighted by Crippen LogP contribution is -2.29. The summed E-state index contributed by atoms with van der Waals surface area (Å²) in [7, 11) is 3.44. The van der Waals surface area contributed by atoms with Crippen LogP contribution in [0.4, 0.5) is 0 Å². The van der Waals surface area contributed by atoms with Crippen LogP contribution in [0.15, 0.2) is 0 Å². The Morgan fingerprint density at radius 2 is 2.15 bits per heavy atom. The van der Waals surface area contributed by atoms with E-state index in [-0.39, 0.29) is 5.92 Å². The molecule has 6 heteroatoms. The first-order valence-corrected chi connectivity index (χ1v) is 6.86. The fourth-order valence-electron chi connectivity index (χ4n) is 2.35. The molecule has 0 aromatic carbocycles. The quantitative estimate of drug-likeness (QED) is 0.757. The van der Waals surface area contributed by atoms with Gasteiger partial charge in [0.1, 0.15) is 0 Å². The summed E-state index contributed by atoms with van der Waals surface area (Å²) in [5, 5.41) is 16.7. The van der Waals surface area contributed by atoms with E-state index in [0.717, 1.165) is 11.3 Å². The molecular weight excluding hydrogens is 258 g/mol. The SMILES string of the molecule is COc1c(CNCC(CC(C)C)C(=O)O)c(C)nn1C. The van der Waals surface area contributed by atoms with Crippen molar-refractivity contribution in [2.24, 2.45) is 18.9 Å². The van der Waals surface area contributed by atoms with E-state index in [2.05, 4.69) is 10.4 Å². The van der Waals surface area contributed by atoms with Crippen molar-refractivity contribution in [1.29, 1.82) is 0 Å². The van der Waals surface area contributed by atoms with E-state index >= 15 is 0 Å². The van der Waals surface area contributed by atoms with E-state index in [1.54, 1.807) is 11.8 Å². The molecule has 2 N–H and O–H groups in total. The highest BCUT2D eigenvalue weighted by Crippen LogP contribution is 2.20. The van der Waals surface area contributed by atoms with Crippen molar-refractivity contribution in [2.75, 3.05) is 13.7 Å². The van der Waals surface area contributed by atoms with Crippen LogP contribution in [0.5, 0.6) is 5.88 Å². The minimum Gasteiger partial charge on any atom is -0.481 e. The number of carbonyl (C=O) groups is 1. The van der Waals surface area contributed by atoms with E-state index < -0.39 is 5.97 Å². The molecule has 0 fully saturated rings. The molecule has 0 bridgehead atoms. The highest BCUT2D eigenvalue weighted by molar-refractivity contribution is 5.70. The third-order valence-corrected chi connectivity index (χ3v) is 3.28. The Labute approximate surface area is 120 Å². The zero-order valence-corrected chi connectivity index (χ0v) is 12.9. The van der Waals surface area contributed by atoms with Crippen LogP contribution in [0, 0.1) is 18.8 Å². The maximum absolute atomic E-state index is 11.2. The molecule has 0 aliphatic heterocycles. The molecule has 1 unspecified atom stereocenters. The van der Waals surface area contributed by atoms with Gasteiger partial charge in [0.25, 0.3) is 0 Å². The summed E-state index contributed by atoms with van der Waals surface area (Å²) in [6.07, 6.45) is 0.672. The Hall–Kier alpha value is -1.56. The van der Waals surface area contributed by atoms with Gasteiger partial charge in [-0.1, -0.05) is 13.8 Å². The fourth-order valence-corrected chi connectivity index (χ4v) is 2.35. The third kappa shape index (κ3) is 4.23. The molecule has 0 saturated carbocycles. The number of aliphatic carboxylic acids is 1. The van der Waals surface area contributed by atoms with Gasteiger partial charge >= 0.3 is 5.97 Å². The number of hydrogen-bond acceptors (Lipinski definition) is 4. The molecule has 1 rings (SSSR count). The van der Waals surface area contributed by atoms with Gasteiger partial charge in [0.05, 0.1) is 24.3 Å². The van der Waals surface area contributed by atoms with Crippen LogP contribution in [-0.4, -0.2) is 34.5 Å². The predicted octanol–water partition coefficient (Wildman–Crippen LogP) is 1.57. The number of aryl methyl sites for hydroxylation is 2. The van der Waals surface area contributed by atoms with E-state index in [1.807, 2.05) is 27.8 Å². The minimum absolute atomic E-state index is 0.363. The van der Waals surface area contributed by atoms with Gasteiger partial charge in [0, 0.05) is 20.1 Å². The van der Waals surface area contributed by atoms with Gasteiger partial charge in [0.2, 0.25) is 5.88 Å². The van der Waals surface area contributed by atoms with Crippen molar-refractivity contribution in [2.45, 2.75) is 33.7 Å². The van der Waals surface area contributed by atoms with Crippen LogP contribution in [-0.2, 0) is 18.4 Å². The first kappa shape index (κ1) is 16.5. The largest absolute Gasteiger partial charge is 0.481 e. The first-order valence-electron chi connectivity index (χ1n) is 6.86. The summed E-state index contributed by atoms with van der Waals surface area (Å²) < 4.78 is 7.00. The molecular formula is C14H25N3O3. The summed E-state index contributed by atoms with van der Waals surface area (Å²) in [6, 6.07) is 0. The Morgan fingerprint density at radius 3 is 2.65 bits per heavy atom. The van der Waals surface area contributed by atoms with Crippen LogP contribution in [0.1, 0.15) is 31.5 Å². The monoisotopic (exact) mass is 283 g/mol. The van der Waals surface area contributed by atoms with Gasteiger partial charge in [-0.3, -0.25) is 4.79 Å². The zero-order valence-electron chi connectivity index (χ0n) is 12.9. The topological polar surface area (TPSA) is 76.4 Å². The highest BCUT2D eigenvalue weighted by atomic mass is 16.5. The Bertz CT molecular complexity index is 455. The molecule has 0 spiro atoms. The number of carboxylic acid groups (broad SMARTS) is 1. The second-order valence-corrected chi connectivity index (χ2v) is 5.49. The number of rotatable bonds is 8. The van der Waals surface area contributed by atoms with Crippen molar-refractivity contribution in [3.05, 3.63) is 11.3 Å². The average molecular weight is 283 g/mol. The van der Waals surface area contributed by atoms with Crippen molar-refractivity contribution >= 4 is 5.97 Å². The molecule has 0 aliphatic carbocycles. The average Bonchev–Trinajstić information content (AvgIpc) is 2.61. The van der Waals surface area contributed by atoms with Crippen LogP contribution in [0.3, 0.4) is 0 Å². The molecule has 1 atom stereocenters. The smallest absolute Gasteiger partial charge is 0.307 e. The number of ether oxygens (including phenoxy) is 1. The minimum atomic E-state index is -0.749. The van der Waals surface area contributed by atoms with Crippen molar-refractivity contribution < 1.29 is 14.6 Å². The lowest BCUT2D eigenvalue weighted by molar-refractivity contribution is -0.142. The number of carboxylic acids is 1. The second-order valence-electron chi connectivity index (χ2n) is 5.49. The van der Waals surface area contributed by atoms with Gasteiger partial charge in [0.15, 0.2) is 0 Å². The number of nitrogens with zero attached hydrogens (tertiary/aromatic N) is 2. The molecule has 114 valence electrons. The van der Waals surface area contributed by atoms with Crippen LogP contribution in [0.25, 0.3) is 0 Å². The molecule has 0 aliphatic rings. The molecule has 1 aromatic rings. The summed E-state index contributed by atoms with van der Waals surface area (Å²) in [4.78, 5) is 11.2. The molecule has 0 saturated heterocycles. The normalized spacial score (nSPS) is 12.7. The maximum Gasteiger partial charge on any atom is 0.307 e. The van der Waals surface area contributed by atoms with Crippen LogP contribution in [0.2, 0.25) is 0 Å². The van der Waals surface area contributed by atoms with E-state index in [4.69, 9.17) is 4.74 Å². The Balaban J connectivity index is 2.61. The molecule has 20 heavy (non-hydrogen) atoms. The van der Waals surface area contributed by atoms with Crippen molar-refractivity contribution in [3.8, 4) is 5.88 Å². The lowest BCUT2D eigenvalue weighted by atomic mass is 9.97. The molecule has 6 nitrogen and oxygen atoms in total. The Morgan fingerprint density at radius 1 is 1.50 bits per heavy atom. The summed E-state index contributed by atoms with van der Waals surface area (Å²) in [5.41, 5.74) is 1.87. The van der Waals surface area contributed by atoms with E-state index in [9.17, 15) is 9.90 Å². The molecule has 0 radical (unpaired) electrons. The number of aromatic nitrogens is 2. The molecule has 0 amide bonds. The summed E-state index contributed by atoms with van der Waals surface area (Å²) in [6.45, 7) is 6.99. The summed E-state index contributed by atoms with van der Waals surface area (Å²) >= 11 is 0. The Kier molecular flexibility index (Phi) is 6.01. The van der Waals surface area contributed by atoms with Gasteiger partial charge in [-0.2, -0.15) is 5.10 Å². The standard InChI is InChI=1S/C14H25N3O3/c1-9(2)6-11(14(18)19)7-15-8-12-10(3)16-17(4)13(12)20-5/h9,11,15H,6-8H2,1-5H3,(H,18,19).